The first-order chi connectivity index (χ1) is 11.2. The molecule has 2 aliphatic carbocycles. The van der Waals surface area contributed by atoms with Crippen molar-refractivity contribution >= 4 is 0 Å². The van der Waals surface area contributed by atoms with E-state index in [1.54, 1.807) is 20.0 Å². The van der Waals surface area contributed by atoms with E-state index in [-0.39, 0.29) is 24.8 Å². The molecule has 3 heteroatoms. The summed E-state index contributed by atoms with van der Waals surface area (Å²) in [4.78, 5) is 0. The number of aryl methyl sites for hydroxylation is 2. The molecule has 0 amide bonds. The molecule has 0 bridgehead atoms. The Hall–Kier alpha value is -0.617. The van der Waals surface area contributed by atoms with Gasteiger partial charge >= 0.3 is 151 Å². The van der Waals surface area contributed by atoms with E-state index in [9.17, 15) is 0 Å². The van der Waals surface area contributed by atoms with Crippen molar-refractivity contribution in [2.75, 3.05) is 0 Å². The number of hydrogen-bond donors (Lipinski definition) is 0. The maximum absolute atomic E-state index is 2.51. The zero-order valence-electron chi connectivity index (χ0n) is 14.9. The molecule has 0 nitrogen and oxygen atoms in total. The van der Waals surface area contributed by atoms with E-state index in [0.29, 0.717) is 3.63 Å². The largest absolute Gasteiger partial charge is 1.00 e. The van der Waals surface area contributed by atoms with Gasteiger partial charge in [0.05, 0.1) is 0 Å². The van der Waals surface area contributed by atoms with Crippen LogP contribution in [0.1, 0.15) is 45.6 Å². The molecule has 0 atom stereocenters. The van der Waals surface area contributed by atoms with E-state index in [1.807, 2.05) is 0 Å². The molecule has 4 rings (SSSR count). The van der Waals surface area contributed by atoms with Crippen LogP contribution in [0.4, 0.5) is 0 Å². The van der Waals surface area contributed by atoms with Gasteiger partial charge in [0.2, 0.25) is 0 Å². The first-order valence-corrected chi connectivity index (χ1v) is 11.2. The second-order valence-corrected chi connectivity index (χ2v) is 10.5. The molecule has 0 aromatic heterocycles. The summed E-state index contributed by atoms with van der Waals surface area (Å²) in [6.45, 7) is 6.72. The van der Waals surface area contributed by atoms with Crippen molar-refractivity contribution in [3.05, 3.63) is 79.7 Å². The van der Waals surface area contributed by atoms with Crippen LogP contribution in [0.2, 0.25) is 0 Å². The number of hydrogen-bond acceptors (Lipinski definition) is 0. The molecule has 0 saturated carbocycles. The molecule has 2 aromatic rings. The zero-order chi connectivity index (χ0) is 16.0. The molecule has 0 N–H and O–H groups in total. The first kappa shape index (κ1) is 20.7. The molecule has 2 aliphatic rings. The van der Waals surface area contributed by atoms with Crippen molar-refractivity contribution in [3.8, 4) is 11.1 Å². The SMILES string of the molecule is CCC1=CC[C]([Zr+2][CH]2c3cc(C)ccc3-c3ccc(C)cc32)=C1.[Cl-].[Cl-]. The fourth-order valence-corrected chi connectivity index (χ4v) is 7.82. The Morgan fingerprint density at radius 3 is 1.96 bits per heavy atom. The van der Waals surface area contributed by atoms with Gasteiger partial charge in [-0.3, -0.25) is 0 Å². The molecule has 2 aromatic carbocycles. The fourth-order valence-electron chi connectivity index (χ4n) is 3.77. The minimum absolute atomic E-state index is 0. The maximum atomic E-state index is 2.51. The summed E-state index contributed by atoms with van der Waals surface area (Å²) in [7, 11) is 0. The molecule has 0 heterocycles. The van der Waals surface area contributed by atoms with E-state index >= 15 is 0 Å². The van der Waals surface area contributed by atoms with Crippen LogP contribution in [0.3, 0.4) is 0 Å². The monoisotopic (exact) mass is 446 g/mol. The van der Waals surface area contributed by atoms with Gasteiger partial charge < -0.3 is 24.8 Å². The van der Waals surface area contributed by atoms with E-state index in [2.05, 4.69) is 69.3 Å². The van der Waals surface area contributed by atoms with Crippen LogP contribution in [-0.4, -0.2) is 0 Å². The number of benzene rings is 2. The number of rotatable bonds is 3. The molecular weight excluding hydrogens is 426 g/mol. The van der Waals surface area contributed by atoms with Gasteiger partial charge in [-0.05, 0) is 0 Å². The van der Waals surface area contributed by atoms with Crippen molar-refractivity contribution in [2.45, 2.75) is 37.2 Å². The minimum Gasteiger partial charge on any atom is -1.00 e. The third-order valence-electron chi connectivity index (χ3n) is 5.01. The first-order valence-electron chi connectivity index (χ1n) is 8.53. The Morgan fingerprint density at radius 2 is 1.48 bits per heavy atom. The summed E-state index contributed by atoms with van der Waals surface area (Å²) < 4.78 is 2.46. The average molecular weight is 449 g/mol. The van der Waals surface area contributed by atoms with Gasteiger partial charge in [-0.2, -0.15) is 0 Å². The molecule has 0 unspecified atom stereocenters. The van der Waals surface area contributed by atoms with Gasteiger partial charge in [0, 0.05) is 0 Å². The smallest absolute Gasteiger partial charge is 1.00 e. The van der Waals surface area contributed by atoms with Crippen LogP contribution < -0.4 is 24.8 Å². The quantitative estimate of drug-likeness (QED) is 0.625. The topological polar surface area (TPSA) is 0 Å². The number of allylic oxidation sites excluding steroid dienone is 4. The predicted molar refractivity (Wildman–Crippen MR) is 94.3 cm³/mol. The normalized spacial score (nSPS) is 14.5. The van der Waals surface area contributed by atoms with Crippen LogP contribution >= 0.6 is 0 Å². The molecule has 25 heavy (non-hydrogen) atoms. The van der Waals surface area contributed by atoms with Crippen LogP contribution in [-0.2, 0) is 23.2 Å². The summed E-state index contributed by atoms with van der Waals surface area (Å²) in [6.07, 6.45) is 7.35. The Kier molecular flexibility index (Phi) is 6.94. The van der Waals surface area contributed by atoms with Crippen molar-refractivity contribution < 1.29 is 48.0 Å². The van der Waals surface area contributed by atoms with Crippen LogP contribution in [0.15, 0.2) is 57.4 Å². The Balaban J connectivity index is 0.00000113. The second-order valence-electron chi connectivity index (χ2n) is 6.77. The second kappa shape index (κ2) is 8.38. The van der Waals surface area contributed by atoms with Crippen molar-refractivity contribution in [2.24, 2.45) is 0 Å². The Bertz CT molecular complexity index is 798. The van der Waals surface area contributed by atoms with Gasteiger partial charge in [0.1, 0.15) is 0 Å². The average Bonchev–Trinajstić information content (AvgIpc) is 3.11. The molecule has 0 radical (unpaired) electrons. The van der Waals surface area contributed by atoms with E-state index in [4.69, 9.17) is 0 Å². The summed E-state index contributed by atoms with van der Waals surface area (Å²) in [5.41, 5.74) is 10.5. The number of fused-ring (bicyclic) bond motifs is 3. The van der Waals surface area contributed by atoms with Gasteiger partial charge in [-0.25, -0.2) is 0 Å². The summed E-state index contributed by atoms with van der Waals surface area (Å²) in [6, 6.07) is 14.1. The fraction of sp³-hybridized carbons (Fsp3) is 0.273. The Labute approximate surface area is 175 Å². The van der Waals surface area contributed by atoms with Crippen molar-refractivity contribution in [1.82, 2.24) is 0 Å². The van der Waals surface area contributed by atoms with Gasteiger partial charge in [-0.1, -0.05) is 0 Å². The standard InChI is InChI=1S/C15H13.C7H9.2ClH.Zr/c1-10-3-5-14-12(7-10)9-13-8-11(2)4-6-15(13)14;1-2-7-5-3-4-6-7;;;/h3-9H,1-2H3;5-6H,2-3H2,1H3;2*1H;/q;;;;+2/p-2. The molecule has 0 aliphatic heterocycles. The van der Waals surface area contributed by atoms with Gasteiger partial charge in [-0.15, -0.1) is 0 Å². The molecule has 0 saturated heterocycles. The zero-order valence-corrected chi connectivity index (χ0v) is 18.8. The summed E-state index contributed by atoms with van der Waals surface area (Å²) in [5, 5.41) is 0. The van der Waals surface area contributed by atoms with Crippen molar-refractivity contribution in [1.29, 1.82) is 0 Å². The van der Waals surface area contributed by atoms with E-state index in [0.717, 1.165) is 0 Å². The Morgan fingerprint density at radius 1 is 0.920 bits per heavy atom. The van der Waals surface area contributed by atoms with E-state index < -0.39 is 23.2 Å². The van der Waals surface area contributed by atoms with Crippen LogP contribution in [0, 0.1) is 13.8 Å². The minimum atomic E-state index is -0.648. The van der Waals surface area contributed by atoms with Crippen molar-refractivity contribution in [3.63, 3.8) is 0 Å². The maximum Gasteiger partial charge on any atom is -1.00 e. The molecule has 0 fully saturated rings. The summed E-state index contributed by atoms with van der Waals surface area (Å²) >= 11 is -0.648. The predicted octanol–water partition coefficient (Wildman–Crippen LogP) is 0.0877. The number of halogens is 2. The van der Waals surface area contributed by atoms with E-state index in [1.165, 1.54) is 35.1 Å². The molecular formula is C22H22Cl2Zr. The van der Waals surface area contributed by atoms with Gasteiger partial charge in [0.25, 0.3) is 0 Å². The summed E-state index contributed by atoms with van der Waals surface area (Å²) in [5.74, 6) is 0. The third-order valence-corrected chi connectivity index (χ3v) is 9.01. The van der Waals surface area contributed by atoms with Crippen LogP contribution in [0.5, 0.6) is 0 Å². The molecule has 128 valence electrons. The third kappa shape index (κ3) is 3.90. The molecule has 0 spiro atoms. The van der Waals surface area contributed by atoms with Crippen LogP contribution in [0.25, 0.3) is 11.1 Å². The van der Waals surface area contributed by atoms with Gasteiger partial charge in [0.15, 0.2) is 0 Å².